The summed E-state index contributed by atoms with van der Waals surface area (Å²) in [4.78, 5) is 24.3. The zero-order valence-electron chi connectivity index (χ0n) is 17.2. The van der Waals surface area contributed by atoms with Crippen molar-refractivity contribution in [1.82, 2.24) is 14.7 Å². The Kier molecular flexibility index (Phi) is 5.28. The molecule has 0 N–H and O–H groups in total. The molecule has 0 atom stereocenters. The Balaban J connectivity index is 1.42. The fraction of sp³-hybridized carbons (Fsp3) is 0.333. The van der Waals surface area contributed by atoms with Crippen LogP contribution in [0, 0.1) is 11.6 Å². The van der Waals surface area contributed by atoms with Gasteiger partial charge in [-0.15, -0.1) is 0 Å². The summed E-state index contributed by atoms with van der Waals surface area (Å²) in [6.07, 6.45) is 1.71. The smallest absolute Gasteiger partial charge is 0.259 e. The number of nitrogens with zero attached hydrogens (tertiary/aromatic N) is 4. The van der Waals surface area contributed by atoms with E-state index in [0.717, 1.165) is 48.3 Å². The van der Waals surface area contributed by atoms with E-state index < -0.39 is 0 Å². The van der Waals surface area contributed by atoms with Gasteiger partial charge in [-0.1, -0.05) is 24.3 Å². The highest BCUT2D eigenvalue weighted by molar-refractivity contribution is 6.09. The molecule has 0 saturated heterocycles. The molecule has 2 aromatic carbocycles. The Hall–Kier alpha value is -3.06. The molecule has 3 aliphatic heterocycles. The summed E-state index contributed by atoms with van der Waals surface area (Å²) in [5.41, 5.74) is 3.61. The number of rotatable bonds is 4. The van der Waals surface area contributed by atoms with E-state index in [-0.39, 0.29) is 17.5 Å². The van der Waals surface area contributed by atoms with Crippen LogP contribution in [0.2, 0.25) is 0 Å². The molecule has 5 nitrogen and oxygen atoms in total. The third-order valence-electron chi connectivity index (χ3n) is 6.05. The van der Waals surface area contributed by atoms with Gasteiger partial charge in [0, 0.05) is 44.8 Å². The van der Waals surface area contributed by atoms with E-state index in [1.807, 2.05) is 6.07 Å². The minimum absolute atomic E-state index is 0.0415. The van der Waals surface area contributed by atoms with Crippen LogP contribution in [0.15, 0.2) is 64.8 Å². The number of carbonyl (C=O) groups is 1. The lowest BCUT2D eigenvalue weighted by molar-refractivity contribution is -0.125. The van der Waals surface area contributed by atoms with Crippen LogP contribution in [0.4, 0.5) is 8.78 Å². The van der Waals surface area contributed by atoms with E-state index in [2.05, 4.69) is 14.8 Å². The van der Waals surface area contributed by atoms with Crippen molar-refractivity contribution in [3.8, 4) is 0 Å². The normalized spacial score (nSPS) is 19.3. The number of fused-ring (bicyclic) bond motifs is 2. The number of aliphatic imine (C=N–C) groups is 1. The molecule has 0 unspecified atom stereocenters. The van der Waals surface area contributed by atoms with E-state index in [1.165, 1.54) is 18.2 Å². The minimum Gasteiger partial charge on any atom is -0.315 e. The maximum atomic E-state index is 13.6. The second-order valence-electron chi connectivity index (χ2n) is 8.22. The first-order valence-electron chi connectivity index (χ1n) is 10.7. The fourth-order valence-corrected chi connectivity index (χ4v) is 4.57. The van der Waals surface area contributed by atoms with Gasteiger partial charge < -0.3 is 4.90 Å². The quantitative estimate of drug-likeness (QED) is 0.757. The number of hydrogen-bond acceptors (Lipinski definition) is 4. The van der Waals surface area contributed by atoms with Gasteiger partial charge in [-0.3, -0.25) is 19.6 Å². The Morgan fingerprint density at radius 2 is 1.77 bits per heavy atom. The molecule has 0 bridgehead atoms. The van der Waals surface area contributed by atoms with E-state index in [4.69, 9.17) is 0 Å². The Bertz CT molecular complexity index is 1060. The third-order valence-corrected chi connectivity index (χ3v) is 6.05. The highest BCUT2D eigenvalue weighted by Gasteiger charge is 2.40. The van der Waals surface area contributed by atoms with Crippen LogP contribution in [0.25, 0.3) is 0 Å². The molecule has 0 fully saturated rings. The second-order valence-corrected chi connectivity index (χ2v) is 8.22. The largest absolute Gasteiger partial charge is 0.315 e. The van der Waals surface area contributed by atoms with E-state index in [0.29, 0.717) is 32.1 Å². The van der Waals surface area contributed by atoms with Crippen LogP contribution >= 0.6 is 0 Å². The summed E-state index contributed by atoms with van der Waals surface area (Å²) < 4.78 is 26.9. The lowest BCUT2D eigenvalue weighted by Crippen LogP contribution is -2.56. The molecule has 1 amide bonds. The Morgan fingerprint density at radius 1 is 0.935 bits per heavy atom. The van der Waals surface area contributed by atoms with Crippen molar-refractivity contribution in [3.63, 3.8) is 0 Å². The molecular formula is C24H24F2N4O. The fourth-order valence-electron chi connectivity index (χ4n) is 4.57. The first-order valence-corrected chi connectivity index (χ1v) is 10.7. The Morgan fingerprint density at radius 3 is 2.58 bits per heavy atom. The molecule has 0 spiro atoms. The standard InChI is InChI=1S/C24H24F2N4O/c25-19-7-5-17(6-8-19)15-30-23(31)21-16-28(14-18-3-1-4-20(26)13-18)12-9-22(21)29-11-2-10-27-24(29)30/h1,3-8,13H,2,9-12,14-16H2. The molecule has 7 heteroatoms. The number of amides is 1. The average Bonchev–Trinajstić information content (AvgIpc) is 2.78. The minimum atomic E-state index is -0.296. The van der Waals surface area contributed by atoms with Crippen molar-refractivity contribution in [2.24, 2.45) is 4.99 Å². The molecule has 3 heterocycles. The summed E-state index contributed by atoms with van der Waals surface area (Å²) in [6, 6.07) is 12.8. The van der Waals surface area contributed by atoms with Crippen LogP contribution in [0.1, 0.15) is 24.0 Å². The number of guanidine groups is 1. The van der Waals surface area contributed by atoms with Gasteiger partial charge in [0.15, 0.2) is 0 Å². The van der Waals surface area contributed by atoms with Gasteiger partial charge in [0.05, 0.1) is 12.1 Å². The molecule has 0 aliphatic carbocycles. The maximum Gasteiger partial charge on any atom is 0.259 e. The van der Waals surface area contributed by atoms with Crippen LogP contribution in [0.5, 0.6) is 0 Å². The molecule has 5 rings (SSSR count). The van der Waals surface area contributed by atoms with Crippen LogP contribution < -0.4 is 0 Å². The van der Waals surface area contributed by atoms with Gasteiger partial charge in [-0.25, -0.2) is 8.78 Å². The molecule has 0 aromatic heterocycles. The Labute approximate surface area is 180 Å². The first kappa shape index (κ1) is 19.9. The molecule has 0 radical (unpaired) electrons. The highest BCUT2D eigenvalue weighted by Crippen LogP contribution is 2.32. The maximum absolute atomic E-state index is 13.6. The summed E-state index contributed by atoms with van der Waals surface area (Å²) in [7, 11) is 0. The van der Waals surface area contributed by atoms with Crippen LogP contribution in [0.3, 0.4) is 0 Å². The molecule has 31 heavy (non-hydrogen) atoms. The lowest BCUT2D eigenvalue weighted by atomic mass is 9.99. The number of hydrogen-bond donors (Lipinski definition) is 0. The van der Waals surface area contributed by atoms with Gasteiger partial charge in [-0.05, 0) is 41.8 Å². The van der Waals surface area contributed by atoms with Crippen molar-refractivity contribution in [3.05, 3.63) is 82.6 Å². The van der Waals surface area contributed by atoms with E-state index in [1.54, 1.807) is 29.2 Å². The van der Waals surface area contributed by atoms with Crippen LogP contribution in [-0.4, -0.2) is 52.7 Å². The highest BCUT2D eigenvalue weighted by atomic mass is 19.1. The summed E-state index contributed by atoms with van der Waals surface area (Å²) in [5, 5.41) is 0. The van der Waals surface area contributed by atoms with Gasteiger partial charge in [0.2, 0.25) is 5.96 Å². The topological polar surface area (TPSA) is 39.2 Å². The first-order chi connectivity index (χ1) is 15.1. The van der Waals surface area contributed by atoms with Crippen molar-refractivity contribution in [2.75, 3.05) is 26.2 Å². The summed E-state index contributed by atoms with van der Waals surface area (Å²) >= 11 is 0. The molecular weight excluding hydrogens is 398 g/mol. The zero-order valence-corrected chi connectivity index (χ0v) is 17.2. The number of carbonyl (C=O) groups excluding carboxylic acids is 1. The van der Waals surface area contributed by atoms with Gasteiger partial charge in [0.1, 0.15) is 11.6 Å². The lowest BCUT2D eigenvalue weighted by Gasteiger charge is -2.45. The SMILES string of the molecule is O=C1C2=C(CCN(Cc3cccc(F)c3)C2)N2CCCN=C2N1Cc1ccc(F)cc1. The zero-order chi connectivity index (χ0) is 21.4. The number of halogens is 2. The molecule has 3 aliphatic rings. The molecule has 160 valence electrons. The monoisotopic (exact) mass is 422 g/mol. The number of benzene rings is 2. The average molecular weight is 422 g/mol. The van der Waals surface area contributed by atoms with Gasteiger partial charge in [-0.2, -0.15) is 0 Å². The summed E-state index contributed by atoms with van der Waals surface area (Å²) in [6.45, 7) is 3.83. The van der Waals surface area contributed by atoms with Crippen molar-refractivity contribution in [1.29, 1.82) is 0 Å². The molecule has 2 aromatic rings. The van der Waals surface area contributed by atoms with E-state index >= 15 is 0 Å². The predicted molar refractivity (Wildman–Crippen MR) is 114 cm³/mol. The van der Waals surface area contributed by atoms with Crippen molar-refractivity contribution < 1.29 is 13.6 Å². The molecule has 0 saturated carbocycles. The van der Waals surface area contributed by atoms with Gasteiger partial charge in [0.25, 0.3) is 5.91 Å². The summed E-state index contributed by atoms with van der Waals surface area (Å²) in [5.74, 6) is 0.122. The van der Waals surface area contributed by atoms with Crippen LogP contribution in [-0.2, 0) is 17.9 Å². The third kappa shape index (κ3) is 3.97. The van der Waals surface area contributed by atoms with Crippen molar-refractivity contribution in [2.45, 2.75) is 25.9 Å². The van der Waals surface area contributed by atoms with E-state index in [9.17, 15) is 13.6 Å². The second kappa shape index (κ2) is 8.23. The van der Waals surface area contributed by atoms with Crippen molar-refractivity contribution >= 4 is 11.9 Å². The predicted octanol–water partition coefficient (Wildman–Crippen LogP) is 3.53. The van der Waals surface area contributed by atoms with Gasteiger partial charge >= 0.3 is 0 Å².